The van der Waals surface area contributed by atoms with Gasteiger partial charge in [-0.25, -0.2) is 4.79 Å². The lowest BCUT2D eigenvalue weighted by Gasteiger charge is -2.05. The Hall–Kier alpha value is -1.85. The first-order chi connectivity index (χ1) is 9.79. The number of thiophene rings is 1. The molecule has 1 aromatic heterocycles. The van der Waals surface area contributed by atoms with E-state index in [4.69, 9.17) is 4.74 Å². The van der Waals surface area contributed by atoms with E-state index in [1.54, 1.807) is 18.4 Å². The second kappa shape index (κ2) is 7.67. The molecule has 0 radical (unpaired) electrons. The summed E-state index contributed by atoms with van der Waals surface area (Å²) in [5.74, 6) is 0. The Morgan fingerprint density at radius 3 is 2.70 bits per heavy atom. The van der Waals surface area contributed by atoms with Gasteiger partial charge in [0, 0.05) is 23.4 Å². The summed E-state index contributed by atoms with van der Waals surface area (Å²) in [4.78, 5) is 13.8. The van der Waals surface area contributed by atoms with Crippen molar-refractivity contribution >= 4 is 17.4 Å². The Labute approximate surface area is 122 Å². The van der Waals surface area contributed by atoms with Gasteiger partial charge in [-0.1, -0.05) is 30.3 Å². The lowest BCUT2D eigenvalue weighted by atomic mass is 10.2. The van der Waals surface area contributed by atoms with Crippen LogP contribution in [0.4, 0.5) is 4.79 Å². The minimum atomic E-state index is -0.170. The zero-order chi connectivity index (χ0) is 14.2. The van der Waals surface area contributed by atoms with Crippen molar-refractivity contribution in [1.82, 2.24) is 10.6 Å². The normalized spacial score (nSPS) is 10.2. The van der Waals surface area contributed by atoms with Crippen molar-refractivity contribution in [1.29, 1.82) is 0 Å². The fourth-order valence-corrected chi connectivity index (χ4v) is 2.68. The highest BCUT2D eigenvalue weighted by Gasteiger charge is 2.04. The van der Waals surface area contributed by atoms with Gasteiger partial charge in [-0.15, -0.1) is 11.3 Å². The van der Waals surface area contributed by atoms with Crippen LogP contribution in [0.1, 0.15) is 4.88 Å². The molecule has 0 aliphatic carbocycles. The lowest BCUT2D eigenvalue weighted by Crippen LogP contribution is -2.36. The second-order valence-corrected chi connectivity index (χ2v) is 5.40. The Kier molecular flexibility index (Phi) is 5.58. The highest BCUT2D eigenvalue weighted by Crippen LogP contribution is 2.27. The largest absolute Gasteiger partial charge is 0.383 e. The van der Waals surface area contributed by atoms with Crippen LogP contribution in [-0.4, -0.2) is 26.3 Å². The van der Waals surface area contributed by atoms with E-state index >= 15 is 0 Å². The average Bonchev–Trinajstić information content (AvgIpc) is 2.95. The van der Waals surface area contributed by atoms with Crippen molar-refractivity contribution < 1.29 is 9.53 Å². The molecule has 0 unspecified atom stereocenters. The summed E-state index contributed by atoms with van der Waals surface area (Å²) in [7, 11) is 1.61. The molecule has 20 heavy (non-hydrogen) atoms. The summed E-state index contributed by atoms with van der Waals surface area (Å²) in [5, 5.41) is 5.55. The highest BCUT2D eigenvalue weighted by atomic mass is 32.1. The summed E-state index contributed by atoms with van der Waals surface area (Å²) in [6.07, 6.45) is 0. The number of carbonyl (C=O) groups is 1. The van der Waals surface area contributed by atoms with Gasteiger partial charge in [-0.3, -0.25) is 0 Å². The molecular formula is C15H18N2O2S. The van der Waals surface area contributed by atoms with Gasteiger partial charge in [0.25, 0.3) is 0 Å². The van der Waals surface area contributed by atoms with Gasteiger partial charge in [0.2, 0.25) is 0 Å². The van der Waals surface area contributed by atoms with Gasteiger partial charge < -0.3 is 15.4 Å². The number of rotatable bonds is 6. The van der Waals surface area contributed by atoms with Gasteiger partial charge in [-0.05, 0) is 17.7 Å². The van der Waals surface area contributed by atoms with Crippen LogP contribution in [-0.2, 0) is 11.3 Å². The van der Waals surface area contributed by atoms with E-state index in [0.717, 1.165) is 4.88 Å². The van der Waals surface area contributed by atoms with Crippen LogP contribution in [0, 0.1) is 0 Å². The molecule has 1 aromatic carbocycles. The minimum Gasteiger partial charge on any atom is -0.383 e. The Balaban J connectivity index is 1.83. The Morgan fingerprint density at radius 1 is 1.15 bits per heavy atom. The molecule has 4 nitrogen and oxygen atoms in total. The average molecular weight is 290 g/mol. The Morgan fingerprint density at radius 2 is 1.95 bits per heavy atom. The summed E-state index contributed by atoms with van der Waals surface area (Å²) < 4.78 is 4.87. The van der Waals surface area contributed by atoms with E-state index in [9.17, 15) is 4.79 Å². The second-order valence-electron chi connectivity index (χ2n) is 4.23. The first-order valence-corrected chi connectivity index (χ1v) is 7.26. The zero-order valence-corrected chi connectivity index (χ0v) is 12.2. The molecule has 0 atom stereocenters. The number of ether oxygens (including phenoxy) is 1. The van der Waals surface area contributed by atoms with Gasteiger partial charge in [0.1, 0.15) is 0 Å². The number of carbonyl (C=O) groups excluding carboxylic acids is 1. The van der Waals surface area contributed by atoms with E-state index < -0.39 is 0 Å². The minimum absolute atomic E-state index is 0.170. The standard InChI is InChI=1S/C15H18N2O2S/c1-19-10-9-16-15(18)17-11-13-7-8-14(20-13)12-5-3-2-4-6-12/h2-8H,9-11H2,1H3,(H2,16,17,18). The van der Waals surface area contributed by atoms with Crippen LogP contribution in [0.3, 0.4) is 0 Å². The van der Waals surface area contributed by atoms with Crippen LogP contribution < -0.4 is 10.6 Å². The van der Waals surface area contributed by atoms with Crippen molar-refractivity contribution in [2.75, 3.05) is 20.3 Å². The molecule has 0 saturated heterocycles. The van der Waals surface area contributed by atoms with Crippen molar-refractivity contribution in [2.24, 2.45) is 0 Å². The van der Waals surface area contributed by atoms with E-state index in [1.165, 1.54) is 10.4 Å². The van der Waals surface area contributed by atoms with Crippen molar-refractivity contribution in [2.45, 2.75) is 6.54 Å². The number of nitrogens with one attached hydrogen (secondary N) is 2. The first kappa shape index (κ1) is 14.6. The SMILES string of the molecule is COCCNC(=O)NCc1ccc(-c2ccccc2)s1. The zero-order valence-electron chi connectivity index (χ0n) is 11.4. The molecule has 0 saturated carbocycles. The fraction of sp³-hybridized carbons (Fsp3) is 0.267. The number of urea groups is 1. The number of benzene rings is 1. The third-order valence-electron chi connectivity index (χ3n) is 2.73. The topological polar surface area (TPSA) is 50.4 Å². The lowest BCUT2D eigenvalue weighted by molar-refractivity contribution is 0.196. The maximum Gasteiger partial charge on any atom is 0.315 e. The summed E-state index contributed by atoms with van der Waals surface area (Å²) >= 11 is 1.69. The highest BCUT2D eigenvalue weighted by molar-refractivity contribution is 7.15. The van der Waals surface area contributed by atoms with E-state index in [1.807, 2.05) is 24.3 Å². The molecule has 2 rings (SSSR count). The molecule has 0 aliphatic rings. The third-order valence-corrected chi connectivity index (χ3v) is 3.87. The number of methoxy groups -OCH3 is 1. The Bertz CT molecular complexity index is 540. The molecule has 2 aromatic rings. The molecule has 0 spiro atoms. The number of hydrogen-bond acceptors (Lipinski definition) is 3. The summed E-state index contributed by atoms with van der Waals surface area (Å²) in [5.41, 5.74) is 1.20. The molecule has 2 N–H and O–H groups in total. The molecule has 1 heterocycles. The van der Waals surface area contributed by atoms with E-state index in [0.29, 0.717) is 19.7 Å². The van der Waals surface area contributed by atoms with Crippen LogP contribution in [0.25, 0.3) is 10.4 Å². The van der Waals surface area contributed by atoms with Crippen molar-refractivity contribution in [3.8, 4) is 10.4 Å². The monoisotopic (exact) mass is 290 g/mol. The first-order valence-electron chi connectivity index (χ1n) is 6.44. The fourth-order valence-electron chi connectivity index (χ4n) is 1.73. The quantitative estimate of drug-likeness (QED) is 0.804. The van der Waals surface area contributed by atoms with Gasteiger partial charge in [0.05, 0.1) is 13.2 Å². The molecule has 5 heteroatoms. The number of hydrogen-bond donors (Lipinski definition) is 2. The van der Waals surface area contributed by atoms with E-state index in [-0.39, 0.29) is 6.03 Å². The molecular weight excluding hydrogens is 272 g/mol. The molecule has 0 bridgehead atoms. The van der Waals surface area contributed by atoms with Gasteiger partial charge in [-0.2, -0.15) is 0 Å². The predicted octanol–water partition coefficient (Wildman–Crippen LogP) is 2.86. The van der Waals surface area contributed by atoms with Crippen LogP contribution >= 0.6 is 11.3 Å². The third kappa shape index (κ3) is 4.36. The maximum absolute atomic E-state index is 11.5. The maximum atomic E-state index is 11.5. The van der Waals surface area contributed by atoms with Crippen molar-refractivity contribution in [3.05, 3.63) is 47.3 Å². The van der Waals surface area contributed by atoms with E-state index in [2.05, 4.69) is 28.8 Å². The molecule has 106 valence electrons. The van der Waals surface area contributed by atoms with Crippen LogP contribution in [0.5, 0.6) is 0 Å². The smallest absolute Gasteiger partial charge is 0.315 e. The summed E-state index contributed by atoms with van der Waals surface area (Å²) in [6.45, 7) is 1.57. The van der Waals surface area contributed by atoms with Crippen LogP contribution in [0.2, 0.25) is 0 Å². The van der Waals surface area contributed by atoms with Gasteiger partial charge >= 0.3 is 6.03 Å². The molecule has 2 amide bonds. The predicted molar refractivity (Wildman–Crippen MR) is 81.9 cm³/mol. The summed E-state index contributed by atoms with van der Waals surface area (Å²) in [6, 6.07) is 14.2. The van der Waals surface area contributed by atoms with Crippen LogP contribution in [0.15, 0.2) is 42.5 Å². The molecule has 0 fully saturated rings. The molecule has 0 aliphatic heterocycles. The van der Waals surface area contributed by atoms with Gasteiger partial charge in [0.15, 0.2) is 0 Å². The number of amides is 2. The van der Waals surface area contributed by atoms with Crippen molar-refractivity contribution in [3.63, 3.8) is 0 Å².